The highest BCUT2D eigenvalue weighted by Crippen LogP contribution is 2.18. The van der Waals surface area contributed by atoms with Crippen LogP contribution in [0.15, 0.2) is 29.2 Å². The molecule has 0 bridgehead atoms. The van der Waals surface area contributed by atoms with Gasteiger partial charge in [-0.05, 0) is 38.0 Å². The summed E-state index contributed by atoms with van der Waals surface area (Å²) in [4.78, 5) is 12.0. The standard InChI is InChI=1S/C13H16ClNO4S/c1-9(12-6-3-7-19-12)15-13(16)10-4-2-5-11(8-10)20(14,17)18/h2,4-5,8-9,12H,3,6-7H2,1H3,(H,15,16). The molecule has 1 heterocycles. The molecule has 20 heavy (non-hydrogen) atoms. The number of hydrogen-bond acceptors (Lipinski definition) is 4. The van der Waals surface area contributed by atoms with Crippen LogP contribution < -0.4 is 5.32 Å². The quantitative estimate of drug-likeness (QED) is 0.861. The van der Waals surface area contributed by atoms with Gasteiger partial charge in [0.05, 0.1) is 17.0 Å². The van der Waals surface area contributed by atoms with Gasteiger partial charge in [-0.15, -0.1) is 0 Å². The lowest BCUT2D eigenvalue weighted by molar-refractivity contribution is 0.0712. The van der Waals surface area contributed by atoms with Crippen molar-refractivity contribution in [3.8, 4) is 0 Å². The Morgan fingerprint density at radius 1 is 1.50 bits per heavy atom. The Balaban J connectivity index is 2.09. The molecule has 1 amide bonds. The Morgan fingerprint density at radius 2 is 2.25 bits per heavy atom. The van der Waals surface area contributed by atoms with E-state index < -0.39 is 9.05 Å². The summed E-state index contributed by atoms with van der Waals surface area (Å²) in [5, 5.41) is 2.81. The molecule has 1 aromatic carbocycles. The Bertz CT molecular complexity index is 596. The van der Waals surface area contributed by atoms with Crippen molar-refractivity contribution < 1.29 is 17.9 Å². The van der Waals surface area contributed by atoms with E-state index in [-0.39, 0.29) is 28.5 Å². The fraction of sp³-hybridized carbons (Fsp3) is 0.462. The zero-order valence-corrected chi connectivity index (χ0v) is 12.6. The number of halogens is 1. The van der Waals surface area contributed by atoms with Gasteiger partial charge >= 0.3 is 0 Å². The zero-order chi connectivity index (χ0) is 14.8. The number of amides is 1. The molecule has 2 rings (SSSR count). The third kappa shape index (κ3) is 3.71. The molecule has 0 spiro atoms. The highest BCUT2D eigenvalue weighted by Gasteiger charge is 2.24. The molecule has 110 valence electrons. The SMILES string of the molecule is CC(NC(=O)c1cccc(S(=O)(=O)Cl)c1)C1CCCO1. The van der Waals surface area contributed by atoms with E-state index in [9.17, 15) is 13.2 Å². The van der Waals surface area contributed by atoms with Gasteiger partial charge in [-0.3, -0.25) is 4.79 Å². The summed E-state index contributed by atoms with van der Waals surface area (Å²) in [5.41, 5.74) is 0.261. The monoisotopic (exact) mass is 317 g/mol. The number of hydrogen-bond donors (Lipinski definition) is 1. The second kappa shape index (κ2) is 6.11. The van der Waals surface area contributed by atoms with Crippen LogP contribution in [0.4, 0.5) is 0 Å². The minimum absolute atomic E-state index is 0.0129. The van der Waals surface area contributed by atoms with Crippen LogP contribution in [0.3, 0.4) is 0 Å². The van der Waals surface area contributed by atoms with Gasteiger partial charge in [0.15, 0.2) is 0 Å². The Hall–Kier alpha value is -1.11. The maximum atomic E-state index is 12.1. The summed E-state index contributed by atoms with van der Waals surface area (Å²) in [6.45, 7) is 2.58. The van der Waals surface area contributed by atoms with Gasteiger partial charge in [0.1, 0.15) is 0 Å². The molecule has 0 saturated carbocycles. The van der Waals surface area contributed by atoms with Crippen LogP contribution in [0.25, 0.3) is 0 Å². The minimum Gasteiger partial charge on any atom is -0.376 e. The second-order valence-electron chi connectivity index (χ2n) is 4.78. The van der Waals surface area contributed by atoms with Crippen LogP contribution in [0, 0.1) is 0 Å². The van der Waals surface area contributed by atoms with E-state index in [1.54, 1.807) is 6.07 Å². The van der Waals surface area contributed by atoms with Crippen LogP contribution >= 0.6 is 10.7 Å². The number of carbonyl (C=O) groups excluding carboxylic acids is 1. The van der Waals surface area contributed by atoms with Crippen LogP contribution in [-0.2, 0) is 13.8 Å². The van der Waals surface area contributed by atoms with Crippen molar-refractivity contribution in [3.63, 3.8) is 0 Å². The molecule has 2 unspecified atom stereocenters. The molecular formula is C13H16ClNO4S. The summed E-state index contributed by atoms with van der Waals surface area (Å²) >= 11 is 0. The molecule has 0 radical (unpaired) electrons. The van der Waals surface area contributed by atoms with Crippen molar-refractivity contribution in [2.24, 2.45) is 0 Å². The normalized spacial score (nSPS) is 20.6. The number of benzene rings is 1. The number of ether oxygens (including phenoxy) is 1. The smallest absolute Gasteiger partial charge is 0.261 e. The molecule has 0 aromatic heterocycles. The third-order valence-electron chi connectivity index (χ3n) is 3.26. The van der Waals surface area contributed by atoms with E-state index in [0.29, 0.717) is 6.61 Å². The molecule has 1 saturated heterocycles. The van der Waals surface area contributed by atoms with Crippen molar-refractivity contribution in [1.29, 1.82) is 0 Å². The van der Waals surface area contributed by atoms with Gasteiger partial charge < -0.3 is 10.1 Å². The topological polar surface area (TPSA) is 72.5 Å². The average molecular weight is 318 g/mol. The summed E-state index contributed by atoms with van der Waals surface area (Å²) in [6, 6.07) is 5.52. The molecule has 2 atom stereocenters. The van der Waals surface area contributed by atoms with Crippen molar-refractivity contribution >= 4 is 25.6 Å². The zero-order valence-electron chi connectivity index (χ0n) is 11.0. The summed E-state index contributed by atoms with van der Waals surface area (Å²) < 4.78 is 28.0. The van der Waals surface area contributed by atoms with Crippen LogP contribution in [-0.4, -0.2) is 33.1 Å². The first-order valence-electron chi connectivity index (χ1n) is 6.35. The van der Waals surface area contributed by atoms with Crippen LogP contribution in [0.5, 0.6) is 0 Å². The van der Waals surface area contributed by atoms with E-state index in [4.69, 9.17) is 15.4 Å². The molecule has 0 aliphatic carbocycles. The van der Waals surface area contributed by atoms with Gasteiger partial charge in [-0.25, -0.2) is 8.42 Å². The van der Waals surface area contributed by atoms with Crippen molar-refractivity contribution in [2.75, 3.05) is 6.61 Å². The van der Waals surface area contributed by atoms with Crippen LogP contribution in [0.2, 0.25) is 0 Å². The first kappa shape index (κ1) is 15.3. The summed E-state index contributed by atoms with van der Waals surface area (Å²) in [7, 11) is 1.43. The Morgan fingerprint density at radius 3 is 2.85 bits per heavy atom. The lowest BCUT2D eigenvalue weighted by atomic mass is 10.1. The molecule has 5 nitrogen and oxygen atoms in total. The minimum atomic E-state index is -3.84. The maximum absolute atomic E-state index is 12.1. The predicted octanol–water partition coefficient (Wildman–Crippen LogP) is 1.91. The molecule has 1 aliphatic heterocycles. The molecule has 1 aromatic rings. The molecule has 1 N–H and O–H groups in total. The van der Waals surface area contributed by atoms with Gasteiger partial charge in [0, 0.05) is 22.9 Å². The van der Waals surface area contributed by atoms with Gasteiger partial charge in [0.2, 0.25) is 0 Å². The highest BCUT2D eigenvalue weighted by molar-refractivity contribution is 8.13. The molecule has 1 aliphatic rings. The largest absolute Gasteiger partial charge is 0.376 e. The first-order valence-corrected chi connectivity index (χ1v) is 8.66. The van der Waals surface area contributed by atoms with Gasteiger partial charge in [-0.2, -0.15) is 0 Å². The number of carbonyl (C=O) groups is 1. The number of nitrogens with one attached hydrogen (secondary N) is 1. The maximum Gasteiger partial charge on any atom is 0.261 e. The lowest BCUT2D eigenvalue weighted by Gasteiger charge is -2.20. The van der Waals surface area contributed by atoms with Crippen molar-refractivity contribution in [3.05, 3.63) is 29.8 Å². The van der Waals surface area contributed by atoms with E-state index >= 15 is 0 Å². The molecular weight excluding hydrogens is 302 g/mol. The summed E-state index contributed by atoms with van der Waals surface area (Å²) in [6.07, 6.45) is 1.92. The van der Waals surface area contributed by atoms with Gasteiger partial charge in [-0.1, -0.05) is 6.07 Å². The second-order valence-corrected chi connectivity index (χ2v) is 7.35. The summed E-state index contributed by atoms with van der Waals surface area (Å²) in [5.74, 6) is -0.338. The Labute approximate surface area is 122 Å². The van der Waals surface area contributed by atoms with Crippen molar-refractivity contribution in [2.45, 2.75) is 36.8 Å². The highest BCUT2D eigenvalue weighted by atomic mass is 35.7. The van der Waals surface area contributed by atoms with E-state index in [0.717, 1.165) is 12.8 Å². The fourth-order valence-electron chi connectivity index (χ4n) is 2.17. The number of rotatable bonds is 4. The fourth-order valence-corrected chi connectivity index (χ4v) is 2.97. The molecule has 7 heteroatoms. The van der Waals surface area contributed by atoms with Crippen LogP contribution in [0.1, 0.15) is 30.1 Å². The Kier molecular flexibility index (Phi) is 4.67. The van der Waals surface area contributed by atoms with E-state index in [1.807, 2.05) is 6.92 Å². The predicted molar refractivity (Wildman–Crippen MR) is 75.4 cm³/mol. The average Bonchev–Trinajstić information content (AvgIpc) is 2.91. The first-order chi connectivity index (χ1) is 9.38. The van der Waals surface area contributed by atoms with E-state index in [1.165, 1.54) is 18.2 Å². The third-order valence-corrected chi connectivity index (χ3v) is 4.61. The van der Waals surface area contributed by atoms with E-state index in [2.05, 4.69) is 5.32 Å². The lowest BCUT2D eigenvalue weighted by Crippen LogP contribution is -2.40. The van der Waals surface area contributed by atoms with Gasteiger partial charge in [0.25, 0.3) is 15.0 Å². The molecule has 1 fully saturated rings. The van der Waals surface area contributed by atoms with Crippen molar-refractivity contribution in [1.82, 2.24) is 5.32 Å².